The molecule has 0 aliphatic carbocycles. The lowest BCUT2D eigenvalue weighted by Gasteiger charge is -2.36. The van der Waals surface area contributed by atoms with Crippen LogP contribution in [0.5, 0.6) is 0 Å². The first-order valence-electron chi connectivity index (χ1n) is 7.05. The molecule has 0 saturated carbocycles. The van der Waals surface area contributed by atoms with Crippen LogP contribution in [0.4, 0.5) is 0 Å². The van der Waals surface area contributed by atoms with E-state index in [9.17, 15) is 4.79 Å². The smallest absolute Gasteiger partial charge is 0.182 e. The molecule has 3 heteroatoms. The van der Waals surface area contributed by atoms with E-state index in [2.05, 4.69) is 18.7 Å². The quantitative estimate of drug-likeness (QED) is 0.774. The number of carbonyl (C=O) groups is 1. The van der Waals surface area contributed by atoms with Crippen molar-refractivity contribution in [1.29, 1.82) is 0 Å². The molecule has 1 fully saturated rings. The number of aryl methyl sites for hydroxylation is 1. The number of likely N-dealkylation sites (tertiary alicyclic amines) is 1. The zero-order valence-electron chi connectivity index (χ0n) is 12.0. The van der Waals surface area contributed by atoms with E-state index >= 15 is 0 Å². The number of nitrogens with zero attached hydrogens (tertiary/aromatic N) is 1. The third-order valence-corrected chi connectivity index (χ3v) is 4.82. The lowest BCUT2D eigenvalue weighted by Crippen LogP contribution is -2.50. The number of ketones is 1. The Hall–Kier alpha value is -0.860. The van der Waals surface area contributed by atoms with Crippen LogP contribution in [0.2, 0.25) is 5.02 Å². The van der Waals surface area contributed by atoms with Gasteiger partial charge in [0.05, 0.1) is 5.54 Å². The average molecular weight is 280 g/mol. The Bertz CT molecular complexity index is 480. The molecule has 1 unspecified atom stereocenters. The number of hydrogen-bond donors (Lipinski definition) is 0. The van der Waals surface area contributed by atoms with E-state index in [1.807, 2.05) is 25.1 Å². The summed E-state index contributed by atoms with van der Waals surface area (Å²) >= 11 is 6.15. The van der Waals surface area contributed by atoms with Crippen molar-refractivity contribution in [1.82, 2.24) is 4.90 Å². The maximum Gasteiger partial charge on any atom is 0.182 e. The van der Waals surface area contributed by atoms with Crippen LogP contribution in [0.1, 0.15) is 49.0 Å². The summed E-state index contributed by atoms with van der Waals surface area (Å²) in [4.78, 5) is 15.2. The molecule has 1 aliphatic rings. The van der Waals surface area contributed by atoms with Crippen LogP contribution in [-0.4, -0.2) is 29.3 Å². The first-order valence-corrected chi connectivity index (χ1v) is 7.43. The van der Waals surface area contributed by atoms with Crippen LogP contribution < -0.4 is 0 Å². The maximum absolute atomic E-state index is 12.8. The zero-order chi connectivity index (χ0) is 14.0. The number of hydrogen-bond acceptors (Lipinski definition) is 2. The number of Topliss-reactive ketones (excluding diaryl/α,β-unsaturated/α-hetero) is 1. The Labute approximate surface area is 120 Å². The van der Waals surface area contributed by atoms with E-state index in [1.165, 1.54) is 12.8 Å². The first kappa shape index (κ1) is 14.5. The highest BCUT2D eigenvalue weighted by Gasteiger charge is 2.39. The van der Waals surface area contributed by atoms with Gasteiger partial charge in [-0.2, -0.15) is 0 Å². The van der Waals surface area contributed by atoms with Gasteiger partial charge in [-0.3, -0.25) is 9.69 Å². The summed E-state index contributed by atoms with van der Waals surface area (Å²) in [5.74, 6) is 0.193. The number of carbonyl (C=O) groups excluding carboxylic acids is 1. The fourth-order valence-electron chi connectivity index (χ4n) is 2.78. The highest BCUT2D eigenvalue weighted by atomic mass is 35.5. The van der Waals surface area contributed by atoms with E-state index in [0.29, 0.717) is 5.02 Å². The Morgan fingerprint density at radius 1 is 1.37 bits per heavy atom. The number of rotatable bonds is 4. The van der Waals surface area contributed by atoms with Crippen molar-refractivity contribution >= 4 is 17.4 Å². The molecular weight excluding hydrogens is 258 g/mol. The summed E-state index contributed by atoms with van der Waals surface area (Å²) in [5.41, 5.74) is 1.35. The monoisotopic (exact) mass is 279 g/mol. The molecular formula is C16H22ClNO. The Morgan fingerprint density at radius 2 is 2.00 bits per heavy atom. The van der Waals surface area contributed by atoms with E-state index < -0.39 is 5.54 Å². The Kier molecular flexibility index (Phi) is 4.32. The number of benzene rings is 1. The van der Waals surface area contributed by atoms with Crippen molar-refractivity contribution in [2.75, 3.05) is 13.1 Å². The van der Waals surface area contributed by atoms with Gasteiger partial charge in [0.25, 0.3) is 0 Å². The molecule has 1 atom stereocenters. The molecule has 19 heavy (non-hydrogen) atoms. The molecule has 2 rings (SSSR count). The van der Waals surface area contributed by atoms with E-state index in [0.717, 1.165) is 30.6 Å². The summed E-state index contributed by atoms with van der Waals surface area (Å²) < 4.78 is 0. The Morgan fingerprint density at radius 3 is 2.53 bits per heavy atom. The highest BCUT2D eigenvalue weighted by molar-refractivity contribution is 6.31. The second kappa shape index (κ2) is 5.64. The zero-order valence-corrected chi connectivity index (χ0v) is 12.8. The van der Waals surface area contributed by atoms with Crippen molar-refractivity contribution in [3.8, 4) is 0 Å². The lowest BCUT2D eigenvalue weighted by atomic mass is 9.87. The van der Waals surface area contributed by atoms with E-state index in [4.69, 9.17) is 11.6 Å². The van der Waals surface area contributed by atoms with Crippen molar-refractivity contribution in [2.24, 2.45) is 0 Å². The topological polar surface area (TPSA) is 20.3 Å². The molecule has 1 saturated heterocycles. The fraction of sp³-hybridized carbons (Fsp3) is 0.562. The lowest BCUT2D eigenvalue weighted by molar-refractivity contribution is 0.0647. The molecule has 2 nitrogen and oxygen atoms in total. The predicted molar refractivity (Wildman–Crippen MR) is 80.0 cm³/mol. The Balaban J connectivity index is 2.31. The fourth-order valence-corrected chi connectivity index (χ4v) is 2.96. The molecule has 0 spiro atoms. The van der Waals surface area contributed by atoms with Crippen LogP contribution in [-0.2, 0) is 0 Å². The minimum Gasteiger partial charge on any atom is -0.292 e. The number of halogens is 1. The second-order valence-electron chi connectivity index (χ2n) is 5.61. The second-order valence-corrected chi connectivity index (χ2v) is 6.02. The summed E-state index contributed by atoms with van der Waals surface area (Å²) in [6.07, 6.45) is 3.21. The highest BCUT2D eigenvalue weighted by Crippen LogP contribution is 2.29. The molecule has 1 heterocycles. The SMILES string of the molecule is CCC(C)(C(=O)c1ccc(C)c(Cl)c1)N1CCCC1. The van der Waals surface area contributed by atoms with Crippen molar-refractivity contribution in [3.05, 3.63) is 34.3 Å². The maximum atomic E-state index is 12.8. The van der Waals surface area contributed by atoms with Gasteiger partial charge in [-0.15, -0.1) is 0 Å². The minimum absolute atomic E-state index is 0.193. The molecule has 0 amide bonds. The van der Waals surface area contributed by atoms with Gasteiger partial charge in [0.2, 0.25) is 0 Å². The standard InChI is InChI=1S/C16H22ClNO/c1-4-16(3,18-9-5-6-10-18)15(19)13-8-7-12(2)14(17)11-13/h7-8,11H,4-6,9-10H2,1-3H3. The minimum atomic E-state index is -0.394. The average Bonchev–Trinajstić information content (AvgIpc) is 2.94. The molecule has 1 aromatic rings. The summed E-state index contributed by atoms with van der Waals surface area (Å²) in [5, 5.41) is 0.672. The van der Waals surface area contributed by atoms with Crippen molar-refractivity contribution in [2.45, 2.75) is 45.6 Å². The molecule has 104 valence electrons. The van der Waals surface area contributed by atoms with Crippen molar-refractivity contribution < 1.29 is 4.79 Å². The van der Waals surface area contributed by atoms with Crippen molar-refractivity contribution in [3.63, 3.8) is 0 Å². The summed E-state index contributed by atoms with van der Waals surface area (Å²) in [6, 6.07) is 5.63. The van der Waals surface area contributed by atoms with Gasteiger partial charge in [0.1, 0.15) is 0 Å². The molecule has 1 aromatic carbocycles. The van der Waals surface area contributed by atoms with Gasteiger partial charge >= 0.3 is 0 Å². The van der Waals surface area contributed by atoms with Gasteiger partial charge in [0.15, 0.2) is 5.78 Å². The van der Waals surface area contributed by atoms with Gasteiger partial charge in [-0.25, -0.2) is 0 Å². The molecule has 0 N–H and O–H groups in total. The predicted octanol–water partition coefficient (Wildman–Crippen LogP) is 4.10. The summed E-state index contributed by atoms with van der Waals surface area (Å²) in [6.45, 7) is 8.15. The van der Waals surface area contributed by atoms with Crippen LogP contribution in [0.3, 0.4) is 0 Å². The van der Waals surface area contributed by atoms with Gasteiger partial charge < -0.3 is 0 Å². The molecule has 0 bridgehead atoms. The van der Waals surface area contributed by atoms with Gasteiger partial charge in [-0.05, 0) is 57.8 Å². The molecule has 0 radical (unpaired) electrons. The van der Waals surface area contributed by atoms with E-state index in [1.54, 1.807) is 0 Å². The van der Waals surface area contributed by atoms with Crippen LogP contribution in [0.15, 0.2) is 18.2 Å². The third-order valence-electron chi connectivity index (χ3n) is 4.42. The van der Waals surface area contributed by atoms with Crippen LogP contribution in [0.25, 0.3) is 0 Å². The van der Waals surface area contributed by atoms with Crippen LogP contribution in [0, 0.1) is 6.92 Å². The largest absolute Gasteiger partial charge is 0.292 e. The first-order chi connectivity index (χ1) is 8.99. The molecule has 1 aliphatic heterocycles. The molecule has 0 aromatic heterocycles. The summed E-state index contributed by atoms with van der Waals surface area (Å²) in [7, 11) is 0. The third kappa shape index (κ3) is 2.70. The van der Waals surface area contributed by atoms with Gasteiger partial charge in [-0.1, -0.05) is 30.7 Å². The normalized spacial score (nSPS) is 19.4. The van der Waals surface area contributed by atoms with Crippen LogP contribution >= 0.6 is 11.6 Å². The van der Waals surface area contributed by atoms with E-state index in [-0.39, 0.29) is 5.78 Å². The van der Waals surface area contributed by atoms with Gasteiger partial charge in [0, 0.05) is 10.6 Å².